The van der Waals surface area contributed by atoms with Crippen molar-refractivity contribution >= 4 is 10.9 Å². The second-order valence-electron chi connectivity index (χ2n) is 3.83. The Morgan fingerprint density at radius 1 is 1.00 bits per heavy atom. The third-order valence-electron chi connectivity index (χ3n) is 2.57. The van der Waals surface area contributed by atoms with Crippen molar-refractivity contribution < 1.29 is 0 Å². The van der Waals surface area contributed by atoms with Gasteiger partial charge >= 0.3 is 0 Å². The number of fused-ring (bicyclic) bond motifs is 1. The summed E-state index contributed by atoms with van der Waals surface area (Å²) >= 11 is 0. The molecule has 0 fully saturated rings. The number of para-hydroxylation sites is 1. The third-order valence-corrected chi connectivity index (χ3v) is 2.57. The summed E-state index contributed by atoms with van der Waals surface area (Å²) in [7, 11) is 0. The summed E-state index contributed by atoms with van der Waals surface area (Å²) in [5.74, 6) is 0. The Morgan fingerprint density at radius 2 is 1.88 bits per heavy atom. The van der Waals surface area contributed by atoms with Crippen molar-refractivity contribution in [1.29, 1.82) is 0 Å². The maximum atomic E-state index is 4.58. The molecule has 1 aromatic carbocycles. The molecule has 78 valence electrons. The zero-order valence-electron chi connectivity index (χ0n) is 8.94. The van der Waals surface area contributed by atoms with Gasteiger partial charge in [-0.05, 0) is 25.1 Å². The van der Waals surface area contributed by atoms with Crippen LogP contribution in [0.15, 0.2) is 42.5 Å². The second-order valence-corrected chi connectivity index (χ2v) is 3.83. The maximum absolute atomic E-state index is 4.58. The lowest BCUT2D eigenvalue weighted by molar-refractivity contribution is 1.05. The Hall–Kier alpha value is -2.16. The number of pyridine rings is 1. The molecule has 3 heteroatoms. The molecule has 2 heterocycles. The SMILES string of the molecule is Cc1cc(-c2ccc3ccccc3n2)n[nH]1. The van der Waals surface area contributed by atoms with Gasteiger partial charge in [0.05, 0.1) is 11.2 Å². The Bertz CT molecular complexity index is 640. The fraction of sp³-hybridized carbons (Fsp3) is 0.0769. The number of nitrogens with one attached hydrogen (secondary N) is 1. The van der Waals surface area contributed by atoms with E-state index in [1.54, 1.807) is 0 Å². The highest BCUT2D eigenvalue weighted by Crippen LogP contribution is 2.19. The normalized spacial score (nSPS) is 10.8. The highest BCUT2D eigenvalue weighted by Gasteiger charge is 2.03. The molecule has 3 nitrogen and oxygen atoms in total. The van der Waals surface area contributed by atoms with E-state index in [9.17, 15) is 0 Å². The van der Waals surface area contributed by atoms with Crippen molar-refractivity contribution in [3.05, 3.63) is 48.2 Å². The summed E-state index contributed by atoms with van der Waals surface area (Å²) in [5, 5.41) is 8.28. The van der Waals surface area contributed by atoms with E-state index in [1.165, 1.54) is 0 Å². The van der Waals surface area contributed by atoms with Crippen LogP contribution < -0.4 is 0 Å². The van der Waals surface area contributed by atoms with Crippen LogP contribution in [-0.2, 0) is 0 Å². The molecule has 0 atom stereocenters. The number of benzene rings is 1. The van der Waals surface area contributed by atoms with Crippen LogP contribution in [0.5, 0.6) is 0 Å². The molecule has 0 spiro atoms. The zero-order chi connectivity index (χ0) is 11.0. The van der Waals surface area contributed by atoms with Gasteiger partial charge in [0.1, 0.15) is 5.69 Å². The molecule has 3 aromatic rings. The molecule has 0 aliphatic heterocycles. The molecule has 3 rings (SSSR count). The van der Waals surface area contributed by atoms with Crippen LogP contribution in [-0.4, -0.2) is 15.2 Å². The van der Waals surface area contributed by atoms with Crippen molar-refractivity contribution in [2.24, 2.45) is 0 Å². The predicted molar refractivity (Wildman–Crippen MR) is 64.1 cm³/mol. The molecule has 16 heavy (non-hydrogen) atoms. The second kappa shape index (κ2) is 3.45. The highest BCUT2D eigenvalue weighted by molar-refractivity contribution is 5.80. The van der Waals surface area contributed by atoms with E-state index in [0.29, 0.717) is 0 Å². The average molecular weight is 209 g/mol. The van der Waals surface area contributed by atoms with Gasteiger partial charge in [-0.2, -0.15) is 5.10 Å². The standard InChI is InChI=1S/C13H11N3/c1-9-8-13(16-15-9)12-7-6-10-4-2-3-5-11(10)14-12/h2-8H,1H3,(H,15,16). The van der Waals surface area contributed by atoms with Crippen molar-refractivity contribution in [3.8, 4) is 11.4 Å². The fourth-order valence-corrected chi connectivity index (χ4v) is 1.76. The lowest BCUT2D eigenvalue weighted by Gasteiger charge is -1.99. The van der Waals surface area contributed by atoms with Gasteiger partial charge in [-0.1, -0.05) is 24.3 Å². The molecule has 0 unspecified atom stereocenters. The Labute approximate surface area is 93.2 Å². The summed E-state index contributed by atoms with van der Waals surface area (Å²) in [6, 6.07) is 14.1. The minimum Gasteiger partial charge on any atom is -0.282 e. The number of aryl methyl sites for hydroxylation is 1. The summed E-state index contributed by atoms with van der Waals surface area (Å²) < 4.78 is 0. The number of aromatic amines is 1. The van der Waals surface area contributed by atoms with E-state index < -0.39 is 0 Å². The Kier molecular flexibility index (Phi) is 1.96. The highest BCUT2D eigenvalue weighted by atomic mass is 15.1. The fourth-order valence-electron chi connectivity index (χ4n) is 1.76. The molecule has 0 saturated carbocycles. The van der Waals surface area contributed by atoms with Gasteiger partial charge in [-0.15, -0.1) is 0 Å². The van der Waals surface area contributed by atoms with Crippen molar-refractivity contribution in [1.82, 2.24) is 15.2 Å². The topological polar surface area (TPSA) is 41.6 Å². The lowest BCUT2D eigenvalue weighted by atomic mass is 10.2. The Balaban J connectivity index is 2.18. The van der Waals surface area contributed by atoms with E-state index >= 15 is 0 Å². The van der Waals surface area contributed by atoms with Crippen molar-refractivity contribution in [2.45, 2.75) is 6.92 Å². The van der Waals surface area contributed by atoms with E-state index in [4.69, 9.17) is 0 Å². The van der Waals surface area contributed by atoms with Crippen LogP contribution in [0.25, 0.3) is 22.3 Å². The summed E-state index contributed by atoms with van der Waals surface area (Å²) in [6.07, 6.45) is 0. The molecule has 0 bridgehead atoms. The van der Waals surface area contributed by atoms with Crippen molar-refractivity contribution in [2.75, 3.05) is 0 Å². The predicted octanol–water partition coefficient (Wildman–Crippen LogP) is 2.93. The lowest BCUT2D eigenvalue weighted by Crippen LogP contribution is -1.84. The zero-order valence-corrected chi connectivity index (χ0v) is 8.94. The number of aromatic nitrogens is 3. The quantitative estimate of drug-likeness (QED) is 0.669. The van der Waals surface area contributed by atoms with Crippen molar-refractivity contribution in [3.63, 3.8) is 0 Å². The minimum absolute atomic E-state index is 0.892. The van der Waals surface area contributed by atoms with Gasteiger partial charge < -0.3 is 0 Å². The number of rotatable bonds is 1. The third kappa shape index (κ3) is 1.46. The van der Waals surface area contributed by atoms with Gasteiger partial charge in [0, 0.05) is 11.1 Å². The smallest absolute Gasteiger partial charge is 0.111 e. The largest absolute Gasteiger partial charge is 0.282 e. The molecule has 0 saturated heterocycles. The summed E-state index contributed by atoms with van der Waals surface area (Å²) in [6.45, 7) is 1.98. The van der Waals surface area contributed by atoms with Crippen LogP contribution in [0.1, 0.15) is 5.69 Å². The molecule has 0 aliphatic carbocycles. The first-order valence-corrected chi connectivity index (χ1v) is 5.21. The number of hydrogen-bond acceptors (Lipinski definition) is 2. The molecule has 2 aromatic heterocycles. The first kappa shape index (κ1) is 9.09. The van der Waals surface area contributed by atoms with Gasteiger partial charge in [0.2, 0.25) is 0 Å². The van der Waals surface area contributed by atoms with Gasteiger partial charge in [0.25, 0.3) is 0 Å². The maximum Gasteiger partial charge on any atom is 0.111 e. The monoisotopic (exact) mass is 209 g/mol. The van der Waals surface area contributed by atoms with E-state index in [2.05, 4.69) is 27.3 Å². The molecular formula is C13H11N3. The molecule has 1 N–H and O–H groups in total. The van der Waals surface area contributed by atoms with Crippen LogP contribution in [0.3, 0.4) is 0 Å². The van der Waals surface area contributed by atoms with Gasteiger partial charge in [-0.3, -0.25) is 5.10 Å². The minimum atomic E-state index is 0.892. The van der Waals surface area contributed by atoms with Crippen LogP contribution in [0.2, 0.25) is 0 Å². The van der Waals surface area contributed by atoms with Crippen LogP contribution in [0.4, 0.5) is 0 Å². The first-order chi connectivity index (χ1) is 7.83. The number of nitrogens with zero attached hydrogens (tertiary/aromatic N) is 2. The van der Waals surface area contributed by atoms with E-state index in [0.717, 1.165) is 28.0 Å². The number of H-pyrrole nitrogens is 1. The number of hydrogen-bond donors (Lipinski definition) is 1. The summed E-state index contributed by atoms with van der Waals surface area (Å²) in [4.78, 5) is 4.58. The molecule has 0 radical (unpaired) electrons. The van der Waals surface area contributed by atoms with E-state index in [-0.39, 0.29) is 0 Å². The molecule has 0 amide bonds. The first-order valence-electron chi connectivity index (χ1n) is 5.21. The average Bonchev–Trinajstić information content (AvgIpc) is 2.75. The van der Waals surface area contributed by atoms with Crippen LogP contribution >= 0.6 is 0 Å². The van der Waals surface area contributed by atoms with Gasteiger partial charge in [-0.25, -0.2) is 4.98 Å². The molecular weight excluding hydrogens is 198 g/mol. The van der Waals surface area contributed by atoms with Crippen LogP contribution in [0, 0.1) is 6.92 Å². The van der Waals surface area contributed by atoms with Gasteiger partial charge in [0.15, 0.2) is 0 Å². The summed E-state index contributed by atoms with van der Waals surface area (Å²) in [5.41, 5.74) is 3.84. The Morgan fingerprint density at radius 3 is 2.69 bits per heavy atom. The molecule has 0 aliphatic rings. The van der Waals surface area contributed by atoms with E-state index in [1.807, 2.05) is 37.3 Å².